The van der Waals surface area contributed by atoms with Crippen LogP contribution < -0.4 is 40.9 Å². The van der Waals surface area contributed by atoms with Crippen molar-refractivity contribution in [3.05, 3.63) is 243 Å². The van der Waals surface area contributed by atoms with E-state index in [9.17, 15) is 0 Å². The summed E-state index contributed by atoms with van der Waals surface area (Å²) in [5, 5.41) is 0. The van der Waals surface area contributed by atoms with Crippen LogP contribution in [0, 0.1) is 23.7 Å². The van der Waals surface area contributed by atoms with Crippen molar-refractivity contribution in [3.8, 4) is 55.6 Å². The van der Waals surface area contributed by atoms with E-state index in [1.165, 1.54) is 176 Å². The summed E-state index contributed by atoms with van der Waals surface area (Å²) in [5.74, 6) is 3.69. The zero-order chi connectivity index (χ0) is 59.8. The predicted octanol–water partition coefficient (Wildman–Crippen LogP) is 19.2. The molecule has 7 heterocycles. The first-order valence-corrected chi connectivity index (χ1v) is 34.6. The van der Waals surface area contributed by atoms with Crippen LogP contribution in [0.5, 0.6) is 0 Å². The Morgan fingerprint density at radius 1 is 0.319 bits per heavy atom. The van der Waals surface area contributed by atoms with Crippen LogP contribution in [0.25, 0.3) is 55.6 Å². The van der Waals surface area contributed by atoms with Gasteiger partial charge >= 0.3 is 0 Å². The van der Waals surface area contributed by atoms with Gasteiger partial charge in [0.2, 0.25) is 0 Å². The highest BCUT2D eigenvalue weighted by atomic mass is 15.2. The van der Waals surface area contributed by atoms with Crippen molar-refractivity contribution in [1.82, 2.24) is 0 Å². The molecule has 0 aromatic heterocycles. The molecular formula is C85H78BN5. The van der Waals surface area contributed by atoms with E-state index >= 15 is 0 Å². The van der Waals surface area contributed by atoms with E-state index in [1.807, 2.05) is 0 Å². The van der Waals surface area contributed by atoms with Crippen molar-refractivity contribution in [2.75, 3.05) is 31.0 Å². The normalized spacial score (nSPS) is 24.4. The molecule has 0 spiro atoms. The minimum Gasteiger partial charge on any atom is -0.366 e. The van der Waals surface area contributed by atoms with Gasteiger partial charge in [0.1, 0.15) is 0 Å². The smallest absolute Gasteiger partial charge is 0.252 e. The number of rotatable bonds is 11. The fourth-order valence-corrected chi connectivity index (χ4v) is 19.8. The minimum absolute atomic E-state index is 0.0495. The summed E-state index contributed by atoms with van der Waals surface area (Å²) in [4.78, 5) is 13.5. The maximum atomic E-state index is 2.84. The summed E-state index contributed by atoms with van der Waals surface area (Å²) in [6.45, 7) is 3.23. The SMILES string of the molecule is CCC1CC=CCN1c1ccc(-c2ccc3c(c2)N(c2ccc(-c4ccccc4)cc2)c2cc(-c4ccc(N5C6CC7CC(C6)CC5C7)cc4)cc4c2B3c2ccc(-c3ccc(N5C6CC7CC(C6)CC5C7)cc3)cc2N4c2ccc(-c3ccccc3)cc2)cc1. The Hall–Kier alpha value is -9.00. The van der Waals surface area contributed by atoms with Crippen molar-refractivity contribution < 1.29 is 0 Å². The Balaban J connectivity index is 0.802. The molecule has 0 radical (unpaired) electrons. The van der Waals surface area contributed by atoms with Crippen molar-refractivity contribution in [2.45, 2.75) is 114 Å². The lowest BCUT2D eigenvalue weighted by molar-refractivity contribution is 0.0899. The van der Waals surface area contributed by atoms with Gasteiger partial charge in [0.25, 0.3) is 6.71 Å². The highest BCUT2D eigenvalue weighted by Gasteiger charge is 2.49. The van der Waals surface area contributed by atoms with Gasteiger partial charge in [-0.3, -0.25) is 0 Å². The summed E-state index contributed by atoms with van der Waals surface area (Å²) >= 11 is 0. The molecule has 0 N–H and O–H groups in total. The van der Waals surface area contributed by atoms with Crippen molar-refractivity contribution in [2.24, 2.45) is 23.7 Å². The van der Waals surface area contributed by atoms with Crippen LogP contribution in [0.2, 0.25) is 0 Å². The molecule has 4 aliphatic carbocycles. The van der Waals surface area contributed by atoms with Crippen LogP contribution in [0.1, 0.15) is 84.0 Å². The average molecular weight is 1180 g/mol. The van der Waals surface area contributed by atoms with E-state index in [4.69, 9.17) is 0 Å². The van der Waals surface area contributed by atoms with Crippen molar-refractivity contribution in [3.63, 3.8) is 0 Å². The second kappa shape index (κ2) is 21.6. The first-order chi connectivity index (χ1) is 45.0. The Morgan fingerprint density at radius 3 is 1.07 bits per heavy atom. The van der Waals surface area contributed by atoms with Gasteiger partial charge in [-0.25, -0.2) is 0 Å². The third kappa shape index (κ3) is 9.08. The number of fused-ring (bicyclic) bond motifs is 4. The molecular weight excluding hydrogens is 1100 g/mol. The van der Waals surface area contributed by atoms with E-state index in [0.717, 1.165) is 54.4 Å². The first kappa shape index (κ1) is 53.8. The molecule has 8 bridgehead atoms. The molecule has 4 saturated carbocycles. The summed E-state index contributed by atoms with van der Waals surface area (Å²) < 4.78 is 0. The molecule has 11 aliphatic rings. The van der Waals surface area contributed by atoms with E-state index in [0.29, 0.717) is 30.2 Å². The molecule has 446 valence electrons. The number of anilines is 9. The number of benzene rings is 10. The van der Waals surface area contributed by atoms with E-state index < -0.39 is 0 Å². The largest absolute Gasteiger partial charge is 0.366 e. The van der Waals surface area contributed by atoms with Crippen LogP contribution in [-0.4, -0.2) is 43.5 Å². The Morgan fingerprint density at radius 2 is 0.659 bits per heavy atom. The number of nitrogens with zero attached hydrogens (tertiary/aromatic N) is 5. The summed E-state index contributed by atoms with van der Waals surface area (Å²) in [5.41, 5.74) is 27.6. The Labute approximate surface area is 538 Å². The summed E-state index contributed by atoms with van der Waals surface area (Å²) in [7, 11) is 0. The number of hydrogen-bond acceptors (Lipinski definition) is 5. The van der Waals surface area contributed by atoms with Crippen molar-refractivity contribution in [1.29, 1.82) is 0 Å². The molecule has 21 rings (SSSR count). The fourth-order valence-electron chi connectivity index (χ4n) is 19.8. The van der Waals surface area contributed by atoms with Gasteiger partial charge < -0.3 is 24.5 Å². The quantitative estimate of drug-likeness (QED) is 0.0945. The Kier molecular flexibility index (Phi) is 12.8. The molecule has 8 fully saturated rings. The monoisotopic (exact) mass is 1180 g/mol. The maximum absolute atomic E-state index is 2.84. The van der Waals surface area contributed by atoms with Crippen LogP contribution in [0.15, 0.2) is 243 Å². The van der Waals surface area contributed by atoms with Gasteiger partial charge in [0, 0.05) is 87.9 Å². The number of hydrogen-bond donors (Lipinski definition) is 0. The third-order valence-corrected chi connectivity index (χ3v) is 23.6. The summed E-state index contributed by atoms with van der Waals surface area (Å²) in [6, 6.07) is 92.8. The van der Waals surface area contributed by atoms with Crippen LogP contribution in [0.3, 0.4) is 0 Å². The molecule has 7 aliphatic heterocycles. The van der Waals surface area contributed by atoms with Gasteiger partial charge in [-0.05, 0) is 258 Å². The number of piperidine rings is 4. The van der Waals surface area contributed by atoms with E-state index in [1.54, 1.807) is 0 Å². The van der Waals surface area contributed by atoms with Crippen LogP contribution in [-0.2, 0) is 0 Å². The zero-order valence-electron chi connectivity index (χ0n) is 52.3. The van der Waals surface area contributed by atoms with Gasteiger partial charge in [-0.1, -0.05) is 165 Å². The molecule has 10 aromatic carbocycles. The Bertz CT molecular complexity index is 4370. The fraction of sp³-hybridized carbons (Fsp3) is 0.271. The van der Waals surface area contributed by atoms with Gasteiger partial charge in [0.15, 0.2) is 0 Å². The highest BCUT2D eigenvalue weighted by Crippen LogP contribution is 2.54. The topological polar surface area (TPSA) is 16.2 Å². The van der Waals surface area contributed by atoms with E-state index in [-0.39, 0.29) is 6.71 Å². The molecule has 0 amide bonds. The van der Waals surface area contributed by atoms with E-state index in [2.05, 4.69) is 274 Å². The third-order valence-electron chi connectivity index (χ3n) is 23.6. The molecule has 5 nitrogen and oxygen atoms in total. The zero-order valence-corrected chi connectivity index (χ0v) is 52.3. The summed E-state index contributed by atoms with van der Waals surface area (Å²) in [6.07, 6.45) is 20.7. The molecule has 4 saturated heterocycles. The standard InChI is InChI=1S/C85H78BN5/c1-2-69-15-9-10-40-87(69)70-28-16-63(17-29-70)66-26-38-79-81(51-66)90(73-34-18-61(19-35-73)59-11-5-3-6-12-59)83-53-68(65-24-32-72(33-25-65)89-77-47-57-42-58(49-77)50-78(89)48-57)54-84-85(83)86(79)80-39-27-67(52-82(80)91(84)74-36-20-62(21-37-74)60-13-7-4-8-14-60)64-22-30-71(31-23-64)88-75-43-55-41-56(45-75)46-76(88)44-55/h3-14,16-39,51-58,69,75-78H,2,15,40-50H2,1H3. The maximum Gasteiger partial charge on any atom is 0.252 e. The van der Waals surface area contributed by atoms with Gasteiger partial charge in [-0.2, -0.15) is 0 Å². The molecule has 1 unspecified atom stereocenters. The average Bonchev–Trinajstić information content (AvgIpc) is 0.737. The predicted molar refractivity (Wildman–Crippen MR) is 383 cm³/mol. The minimum atomic E-state index is -0.0495. The highest BCUT2D eigenvalue weighted by molar-refractivity contribution is 7.00. The molecule has 1 atom stereocenters. The molecule has 6 heteroatoms. The lowest BCUT2D eigenvalue weighted by Gasteiger charge is -2.57. The lowest BCUT2D eigenvalue weighted by Crippen LogP contribution is -2.61. The first-order valence-electron chi connectivity index (χ1n) is 34.6. The molecule has 10 aromatic rings. The van der Waals surface area contributed by atoms with Gasteiger partial charge in [0.05, 0.1) is 0 Å². The van der Waals surface area contributed by atoms with Crippen LogP contribution >= 0.6 is 0 Å². The van der Waals surface area contributed by atoms with Gasteiger partial charge in [-0.15, -0.1) is 0 Å². The molecule has 91 heavy (non-hydrogen) atoms. The van der Waals surface area contributed by atoms with Crippen molar-refractivity contribution >= 4 is 74.3 Å². The lowest BCUT2D eigenvalue weighted by atomic mass is 9.33. The second-order valence-corrected chi connectivity index (χ2v) is 28.7. The van der Waals surface area contributed by atoms with Crippen LogP contribution in [0.4, 0.5) is 51.2 Å². The second-order valence-electron chi connectivity index (χ2n) is 28.7.